The fourth-order valence-corrected chi connectivity index (χ4v) is 9.31. The van der Waals surface area contributed by atoms with Crippen LogP contribution in [0.4, 0.5) is 28.8 Å². The summed E-state index contributed by atoms with van der Waals surface area (Å²) in [5.41, 5.74) is 6.11. The average molecular weight is 752 g/mol. The highest BCUT2D eigenvalue weighted by molar-refractivity contribution is 9.10. The van der Waals surface area contributed by atoms with E-state index in [4.69, 9.17) is 9.72 Å². The van der Waals surface area contributed by atoms with Gasteiger partial charge in [0.25, 0.3) is 0 Å². The maximum atomic E-state index is 12.9. The van der Waals surface area contributed by atoms with Crippen molar-refractivity contribution in [2.24, 2.45) is 7.05 Å². The van der Waals surface area contributed by atoms with Crippen molar-refractivity contribution in [1.29, 1.82) is 0 Å². The Hall–Kier alpha value is -3.91. The van der Waals surface area contributed by atoms with E-state index < -0.39 is 17.9 Å². The zero-order valence-electron chi connectivity index (χ0n) is 27.1. The van der Waals surface area contributed by atoms with Gasteiger partial charge in [-0.25, -0.2) is 13.4 Å². The Labute approximate surface area is 289 Å². The molecule has 7 rings (SSSR count). The Balaban J connectivity index is 1.20. The fraction of sp³-hybridized carbons (Fsp3) is 0.344. The van der Waals surface area contributed by atoms with Crippen LogP contribution in [0.15, 0.2) is 59.7 Å². The van der Waals surface area contributed by atoms with Gasteiger partial charge in [-0.2, -0.15) is 14.4 Å². The molecule has 0 unspecified atom stereocenters. The minimum Gasteiger partial charge on any atom is -0.494 e. The minimum absolute atomic E-state index is 0.211. The monoisotopic (exact) mass is 750 g/mol. The lowest BCUT2D eigenvalue weighted by atomic mass is 10.0. The van der Waals surface area contributed by atoms with E-state index in [1.54, 1.807) is 34.7 Å². The topological polar surface area (TPSA) is 143 Å². The molecule has 0 spiro atoms. The van der Waals surface area contributed by atoms with Crippen LogP contribution < -0.4 is 25.6 Å². The SMILES string of the molecule is COc1cc(N2CCN(S(=O)(=O)C3CC3)CC2)c(-c2cnn(C)c2)cc1Nc1ncc(Br)c(Nc2ccc3nccnc3c2P(C)C)n1. The quantitative estimate of drug-likeness (QED) is 0.185. The maximum absolute atomic E-state index is 12.9. The second kappa shape index (κ2) is 13.2. The van der Waals surface area contributed by atoms with E-state index in [1.165, 1.54) is 0 Å². The van der Waals surface area contributed by atoms with Crippen LogP contribution in [0.2, 0.25) is 0 Å². The third-order valence-electron chi connectivity index (χ3n) is 8.52. The molecule has 0 atom stereocenters. The van der Waals surface area contributed by atoms with Gasteiger partial charge in [0.15, 0.2) is 0 Å². The molecule has 5 aromatic rings. The van der Waals surface area contributed by atoms with Gasteiger partial charge in [0, 0.05) is 91.9 Å². The molecule has 1 saturated heterocycles. The number of rotatable bonds is 10. The summed E-state index contributed by atoms with van der Waals surface area (Å²) in [6, 6.07) is 7.97. The lowest BCUT2D eigenvalue weighted by molar-refractivity contribution is 0.383. The zero-order valence-corrected chi connectivity index (χ0v) is 30.3. The number of nitrogens with zero attached hydrogens (tertiary/aromatic N) is 8. The molecule has 0 bridgehead atoms. The molecule has 1 saturated carbocycles. The summed E-state index contributed by atoms with van der Waals surface area (Å²) in [6.45, 7) is 6.41. The molecule has 1 aliphatic carbocycles. The molecule has 4 heterocycles. The Bertz CT molecular complexity index is 2100. The van der Waals surface area contributed by atoms with Crippen LogP contribution in [0.25, 0.3) is 22.2 Å². The summed E-state index contributed by atoms with van der Waals surface area (Å²) in [7, 11) is -0.230. The van der Waals surface area contributed by atoms with Crippen LogP contribution in [0.1, 0.15) is 12.8 Å². The highest BCUT2D eigenvalue weighted by Gasteiger charge is 2.41. The van der Waals surface area contributed by atoms with Gasteiger partial charge in [-0.1, -0.05) is 7.92 Å². The largest absolute Gasteiger partial charge is 0.494 e. The van der Waals surface area contributed by atoms with Crippen molar-refractivity contribution in [1.82, 2.24) is 34.0 Å². The number of piperazine rings is 1. The normalized spacial score (nSPS) is 15.7. The molecule has 2 fully saturated rings. The highest BCUT2D eigenvalue weighted by Crippen LogP contribution is 2.41. The van der Waals surface area contributed by atoms with Gasteiger partial charge in [-0.05, 0) is 60.3 Å². The van der Waals surface area contributed by atoms with E-state index >= 15 is 0 Å². The first kappa shape index (κ1) is 32.6. The first-order valence-corrected chi connectivity index (χ1v) is 20.1. The summed E-state index contributed by atoms with van der Waals surface area (Å²) in [5, 5.41) is 12.2. The second-order valence-corrected chi connectivity index (χ2v) is 17.3. The third kappa shape index (κ3) is 6.43. The number of ether oxygens (including phenoxy) is 1. The van der Waals surface area contributed by atoms with Gasteiger partial charge in [0.2, 0.25) is 16.0 Å². The highest BCUT2D eigenvalue weighted by atomic mass is 79.9. The summed E-state index contributed by atoms with van der Waals surface area (Å²) in [6.07, 6.45) is 10.4. The minimum atomic E-state index is -3.22. The van der Waals surface area contributed by atoms with Gasteiger partial charge in [0.1, 0.15) is 11.6 Å². The van der Waals surface area contributed by atoms with Crippen molar-refractivity contribution in [3.05, 3.63) is 59.7 Å². The average Bonchev–Trinajstić information content (AvgIpc) is 3.87. The zero-order chi connectivity index (χ0) is 33.6. The molecule has 48 heavy (non-hydrogen) atoms. The van der Waals surface area contributed by atoms with Crippen LogP contribution in [-0.4, -0.2) is 94.3 Å². The van der Waals surface area contributed by atoms with Crippen LogP contribution in [0, 0.1) is 0 Å². The first-order chi connectivity index (χ1) is 23.1. The van der Waals surface area contributed by atoms with Crippen molar-refractivity contribution in [2.45, 2.75) is 18.1 Å². The number of halogens is 1. The molecular formula is C32H36BrN10O3PS. The summed E-state index contributed by atoms with van der Waals surface area (Å²) in [4.78, 5) is 20.7. The molecule has 2 N–H and O–H groups in total. The molecule has 250 valence electrons. The number of aromatic nitrogens is 6. The number of hydrogen-bond donors (Lipinski definition) is 2. The molecule has 2 aromatic carbocycles. The third-order valence-corrected chi connectivity index (χ3v) is 12.8. The van der Waals surface area contributed by atoms with Crippen molar-refractivity contribution < 1.29 is 13.2 Å². The van der Waals surface area contributed by atoms with Gasteiger partial charge in [-0.3, -0.25) is 14.6 Å². The van der Waals surface area contributed by atoms with E-state index in [0.717, 1.165) is 51.7 Å². The lowest BCUT2D eigenvalue weighted by Gasteiger charge is -2.36. The molecule has 3 aromatic heterocycles. The molecule has 16 heteroatoms. The Morgan fingerprint density at radius 3 is 2.44 bits per heavy atom. The number of fused-ring (bicyclic) bond motifs is 1. The molecule has 13 nitrogen and oxygen atoms in total. The number of nitrogens with one attached hydrogen (secondary N) is 2. The number of aryl methyl sites for hydroxylation is 1. The number of benzene rings is 2. The van der Waals surface area contributed by atoms with Gasteiger partial charge >= 0.3 is 0 Å². The molecular weight excluding hydrogens is 715 g/mol. The predicted molar refractivity (Wildman–Crippen MR) is 195 cm³/mol. The van der Waals surface area contributed by atoms with Crippen LogP contribution in [0.5, 0.6) is 5.75 Å². The predicted octanol–water partition coefficient (Wildman–Crippen LogP) is 5.06. The fourth-order valence-electron chi connectivity index (χ4n) is 5.99. The van der Waals surface area contributed by atoms with Crippen molar-refractivity contribution >= 4 is 79.0 Å². The van der Waals surface area contributed by atoms with E-state index in [-0.39, 0.29) is 5.25 Å². The molecule has 2 aliphatic rings. The van der Waals surface area contributed by atoms with Crippen LogP contribution in [-0.2, 0) is 17.1 Å². The van der Waals surface area contributed by atoms with E-state index in [9.17, 15) is 8.42 Å². The summed E-state index contributed by atoms with van der Waals surface area (Å²) >= 11 is 3.62. The second-order valence-electron chi connectivity index (χ2n) is 12.0. The Morgan fingerprint density at radius 2 is 1.75 bits per heavy atom. The van der Waals surface area contributed by atoms with Gasteiger partial charge < -0.3 is 20.3 Å². The van der Waals surface area contributed by atoms with Crippen LogP contribution in [0.3, 0.4) is 0 Å². The van der Waals surface area contributed by atoms with E-state index in [0.29, 0.717) is 53.9 Å². The number of anilines is 5. The Morgan fingerprint density at radius 1 is 0.979 bits per heavy atom. The molecule has 1 aliphatic heterocycles. The smallest absolute Gasteiger partial charge is 0.229 e. The van der Waals surface area contributed by atoms with Gasteiger partial charge in [-0.15, -0.1) is 0 Å². The van der Waals surface area contributed by atoms with Crippen molar-refractivity contribution in [3.8, 4) is 16.9 Å². The number of sulfonamides is 1. The lowest BCUT2D eigenvalue weighted by Crippen LogP contribution is -2.49. The first-order valence-electron chi connectivity index (χ1n) is 15.5. The van der Waals surface area contributed by atoms with Crippen molar-refractivity contribution in [2.75, 3.05) is 62.2 Å². The van der Waals surface area contributed by atoms with E-state index in [2.05, 4.69) is 64.8 Å². The van der Waals surface area contributed by atoms with Crippen molar-refractivity contribution in [3.63, 3.8) is 0 Å². The molecule has 0 amide bonds. The number of methoxy groups -OCH3 is 1. The summed E-state index contributed by atoms with van der Waals surface area (Å²) < 4.78 is 35.8. The number of hydrogen-bond acceptors (Lipinski definition) is 11. The molecule has 0 radical (unpaired) electrons. The standard InChI is InChI=1S/C32H36BrN10O3PS/c1-41-19-20(17-37-41)22-15-26(28(46-2)16-27(22)42-11-13-43(14-12-42)48(44,45)21-5-6-21)39-32-36-18-23(33)31(40-32)38-25-8-7-24-29(30(25)47(3)4)35-10-9-34-24/h7-10,15-19,21H,5-6,11-14H2,1-4H3,(H2,36,38,39,40). The maximum Gasteiger partial charge on any atom is 0.229 e. The van der Waals surface area contributed by atoms with Crippen LogP contribution >= 0.6 is 23.9 Å². The van der Waals surface area contributed by atoms with Gasteiger partial charge in [0.05, 0.1) is 39.8 Å². The Kier molecular flexibility index (Phi) is 8.96. The van der Waals surface area contributed by atoms with E-state index in [1.807, 2.05) is 43.7 Å². The summed E-state index contributed by atoms with van der Waals surface area (Å²) in [5.74, 6) is 1.57.